The number of benzene rings is 1. The molecule has 0 spiro atoms. The zero-order valence-electron chi connectivity index (χ0n) is 16.1. The van der Waals surface area contributed by atoms with E-state index in [0.29, 0.717) is 6.04 Å². The van der Waals surface area contributed by atoms with E-state index in [9.17, 15) is 0 Å². The van der Waals surface area contributed by atoms with Crippen LogP contribution in [0.2, 0.25) is 0 Å². The van der Waals surface area contributed by atoms with Gasteiger partial charge in [0.05, 0.1) is 14.2 Å². The van der Waals surface area contributed by atoms with E-state index in [1.807, 2.05) is 25.1 Å². The van der Waals surface area contributed by atoms with Gasteiger partial charge in [0, 0.05) is 43.5 Å². The standard InChI is InChI=1S/C20H28N4O2/c1-15-11-19(22-14-21-15)23(2)17-8-6-10-24(13-17)12-16-7-5-9-18(25-3)20(16)26-4/h5,7,9,11,14,17H,6,8,10,12-13H2,1-4H3. The molecule has 2 aromatic rings. The number of aromatic nitrogens is 2. The zero-order chi connectivity index (χ0) is 18.5. The van der Waals surface area contributed by atoms with E-state index in [0.717, 1.165) is 48.2 Å². The van der Waals surface area contributed by atoms with Gasteiger partial charge in [0.2, 0.25) is 0 Å². The Morgan fingerprint density at radius 1 is 1.23 bits per heavy atom. The predicted octanol–water partition coefficient (Wildman–Crippen LogP) is 2.90. The number of para-hydroxylation sites is 1. The van der Waals surface area contributed by atoms with E-state index < -0.39 is 0 Å². The van der Waals surface area contributed by atoms with Gasteiger partial charge in [0.1, 0.15) is 12.1 Å². The van der Waals surface area contributed by atoms with Crippen LogP contribution in [0.4, 0.5) is 5.82 Å². The van der Waals surface area contributed by atoms with Gasteiger partial charge >= 0.3 is 0 Å². The molecule has 1 atom stereocenters. The van der Waals surface area contributed by atoms with E-state index in [2.05, 4.69) is 32.9 Å². The molecule has 6 nitrogen and oxygen atoms in total. The molecule has 1 saturated heterocycles. The van der Waals surface area contributed by atoms with Crippen molar-refractivity contribution >= 4 is 5.82 Å². The van der Waals surface area contributed by atoms with Crippen LogP contribution in [0, 0.1) is 6.92 Å². The molecule has 1 unspecified atom stereocenters. The molecule has 0 amide bonds. The Bertz CT molecular complexity index is 738. The predicted molar refractivity (Wildman–Crippen MR) is 103 cm³/mol. The first kappa shape index (κ1) is 18.5. The molecular formula is C20H28N4O2. The highest BCUT2D eigenvalue weighted by Gasteiger charge is 2.25. The number of rotatable bonds is 6. The lowest BCUT2D eigenvalue weighted by Gasteiger charge is -2.38. The fourth-order valence-corrected chi connectivity index (χ4v) is 3.63. The second-order valence-corrected chi connectivity index (χ2v) is 6.81. The molecule has 0 N–H and O–H groups in total. The summed E-state index contributed by atoms with van der Waals surface area (Å²) >= 11 is 0. The molecule has 1 aliphatic heterocycles. The van der Waals surface area contributed by atoms with Gasteiger partial charge in [0.25, 0.3) is 0 Å². The third kappa shape index (κ3) is 4.07. The maximum absolute atomic E-state index is 5.59. The lowest BCUT2D eigenvalue weighted by Crippen LogP contribution is -2.46. The fraction of sp³-hybridized carbons (Fsp3) is 0.500. The molecule has 2 heterocycles. The third-order valence-electron chi connectivity index (χ3n) is 5.06. The summed E-state index contributed by atoms with van der Waals surface area (Å²) in [5, 5.41) is 0. The minimum absolute atomic E-state index is 0.439. The van der Waals surface area contributed by atoms with Crippen LogP contribution in [0.3, 0.4) is 0 Å². The summed E-state index contributed by atoms with van der Waals surface area (Å²) in [5.41, 5.74) is 2.16. The Hall–Kier alpha value is -2.34. The summed E-state index contributed by atoms with van der Waals surface area (Å²) in [5.74, 6) is 2.60. The van der Waals surface area contributed by atoms with Crippen LogP contribution < -0.4 is 14.4 Å². The first-order valence-electron chi connectivity index (χ1n) is 9.06. The van der Waals surface area contributed by atoms with Gasteiger partial charge in [0.15, 0.2) is 11.5 Å². The highest BCUT2D eigenvalue weighted by atomic mass is 16.5. The van der Waals surface area contributed by atoms with E-state index >= 15 is 0 Å². The third-order valence-corrected chi connectivity index (χ3v) is 5.06. The van der Waals surface area contributed by atoms with Crippen LogP contribution in [0.1, 0.15) is 24.1 Å². The average molecular weight is 356 g/mol. The number of piperidine rings is 1. The smallest absolute Gasteiger partial charge is 0.165 e. The SMILES string of the molecule is COc1cccc(CN2CCCC(N(C)c3cc(C)ncn3)C2)c1OC. The second-order valence-electron chi connectivity index (χ2n) is 6.81. The van der Waals surface area contributed by atoms with Crippen LogP contribution in [-0.2, 0) is 6.54 Å². The Labute approximate surface area is 155 Å². The normalized spacial score (nSPS) is 17.8. The van der Waals surface area contributed by atoms with Crippen molar-refractivity contribution in [3.05, 3.63) is 41.9 Å². The molecule has 0 aliphatic carbocycles. The van der Waals surface area contributed by atoms with Crippen LogP contribution >= 0.6 is 0 Å². The monoisotopic (exact) mass is 356 g/mol. The van der Waals surface area contributed by atoms with Crippen molar-refractivity contribution in [3.8, 4) is 11.5 Å². The van der Waals surface area contributed by atoms with Gasteiger partial charge in [-0.25, -0.2) is 9.97 Å². The van der Waals surface area contributed by atoms with Gasteiger partial charge in [-0.1, -0.05) is 12.1 Å². The van der Waals surface area contributed by atoms with Gasteiger partial charge in [-0.2, -0.15) is 0 Å². The number of methoxy groups -OCH3 is 2. The lowest BCUT2D eigenvalue weighted by atomic mass is 10.0. The van der Waals surface area contributed by atoms with Crippen molar-refractivity contribution in [3.63, 3.8) is 0 Å². The Kier molecular flexibility index (Phi) is 5.93. The van der Waals surface area contributed by atoms with Crippen molar-refractivity contribution in [2.45, 2.75) is 32.4 Å². The molecule has 6 heteroatoms. The first-order chi connectivity index (χ1) is 12.6. The molecule has 1 aromatic carbocycles. The summed E-state index contributed by atoms with van der Waals surface area (Å²) in [7, 11) is 5.50. The fourth-order valence-electron chi connectivity index (χ4n) is 3.63. The van der Waals surface area contributed by atoms with Crippen molar-refractivity contribution in [2.75, 3.05) is 39.3 Å². The van der Waals surface area contributed by atoms with Gasteiger partial charge in [-0.3, -0.25) is 4.90 Å². The van der Waals surface area contributed by atoms with Crippen molar-refractivity contribution in [2.24, 2.45) is 0 Å². The van der Waals surface area contributed by atoms with Crippen LogP contribution in [0.15, 0.2) is 30.6 Å². The number of likely N-dealkylation sites (N-methyl/N-ethyl adjacent to an activating group) is 1. The summed E-state index contributed by atoms with van der Waals surface area (Å²) in [6, 6.07) is 8.56. The minimum Gasteiger partial charge on any atom is -0.493 e. The maximum atomic E-state index is 5.59. The van der Waals surface area contributed by atoms with Crippen molar-refractivity contribution in [1.82, 2.24) is 14.9 Å². The summed E-state index contributed by atoms with van der Waals surface area (Å²) in [6.07, 6.45) is 3.99. The molecular weight excluding hydrogens is 328 g/mol. The quantitative estimate of drug-likeness (QED) is 0.793. The Morgan fingerprint density at radius 3 is 2.81 bits per heavy atom. The summed E-state index contributed by atoms with van der Waals surface area (Å²) < 4.78 is 11.0. The maximum Gasteiger partial charge on any atom is 0.165 e. The molecule has 0 radical (unpaired) electrons. The molecule has 0 bridgehead atoms. The van der Waals surface area contributed by atoms with Crippen LogP contribution in [0.5, 0.6) is 11.5 Å². The molecule has 1 aromatic heterocycles. The van der Waals surface area contributed by atoms with Crippen molar-refractivity contribution in [1.29, 1.82) is 0 Å². The van der Waals surface area contributed by atoms with E-state index in [4.69, 9.17) is 9.47 Å². The molecule has 140 valence electrons. The second kappa shape index (κ2) is 8.36. The molecule has 26 heavy (non-hydrogen) atoms. The first-order valence-corrected chi connectivity index (χ1v) is 9.06. The molecule has 1 fully saturated rings. The van der Waals surface area contributed by atoms with Crippen molar-refractivity contribution < 1.29 is 9.47 Å². The minimum atomic E-state index is 0.439. The van der Waals surface area contributed by atoms with Gasteiger partial charge in [-0.15, -0.1) is 0 Å². The van der Waals surface area contributed by atoms with Crippen LogP contribution in [-0.4, -0.2) is 55.3 Å². The highest BCUT2D eigenvalue weighted by molar-refractivity contribution is 5.46. The largest absolute Gasteiger partial charge is 0.493 e. The molecule has 3 rings (SSSR count). The number of likely N-dealkylation sites (tertiary alicyclic amines) is 1. The number of aryl methyl sites for hydroxylation is 1. The molecule has 1 aliphatic rings. The summed E-state index contributed by atoms with van der Waals surface area (Å²) in [4.78, 5) is 13.4. The Balaban J connectivity index is 1.71. The number of ether oxygens (including phenoxy) is 2. The van der Waals surface area contributed by atoms with Gasteiger partial charge in [-0.05, 0) is 32.4 Å². The molecule has 0 saturated carbocycles. The number of anilines is 1. The lowest BCUT2D eigenvalue weighted by molar-refractivity contribution is 0.195. The summed E-state index contributed by atoms with van der Waals surface area (Å²) in [6.45, 7) is 4.95. The number of hydrogen-bond donors (Lipinski definition) is 0. The zero-order valence-corrected chi connectivity index (χ0v) is 16.1. The number of hydrogen-bond acceptors (Lipinski definition) is 6. The average Bonchev–Trinajstić information content (AvgIpc) is 2.67. The van der Waals surface area contributed by atoms with E-state index in [1.54, 1.807) is 20.5 Å². The number of nitrogens with zero attached hydrogens (tertiary/aromatic N) is 4. The topological polar surface area (TPSA) is 50.7 Å². The van der Waals surface area contributed by atoms with E-state index in [1.165, 1.54) is 12.8 Å². The van der Waals surface area contributed by atoms with E-state index in [-0.39, 0.29) is 0 Å². The highest BCUT2D eigenvalue weighted by Crippen LogP contribution is 2.32. The Morgan fingerprint density at radius 2 is 2.08 bits per heavy atom. The van der Waals surface area contributed by atoms with Crippen LogP contribution in [0.25, 0.3) is 0 Å². The van der Waals surface area contributed by atoms with Gasteiger partial charge < -0.3 is 14.4 Å².